The minimum atomic E-state index is 0.140. The highest BCUT2D eigenvalue weighted by atomic mass is 15.1. The maximum absolute atomic E-state index is 2.61. The lowest BCUT2D eigenvalue weighted by molar-refractivity contribution is -0.231. The van der Waals surface area contributed by atoms with Crippen LogP contribution in [0.2, 0.25) is 0 Å². The number of anilines is 3. The molecule has 0 amide bonds. The molecule has 5 aromatic carbocycles. The molecule has 5 aromatic rings. The van der Waals surface area contributed by atoms with Crippen LogP contribution < -0.4 is 4.90 Å². The highest BCUT2D eigenvalue weighted by Crippen LogP contribution is 2.90. The Kier molecular flexibility index (Phi) is 5.49. The molecule has 0 heterocycles. The summed E-state index contributed by atoms with van der Waals surface area (Å²) in [7, 11) is 0. The van der Waals surface area contributed by atoms with Crippen molar-refractivity contribution in [3.63, 3.8) is 0 Å². The lowest BCUT2D eigenvalue weighted by Crippen LogP contribution is -2.73. The molecule has 4 fully saturated rings. The molecular weight excluding hydrogens is 591 g/mol. The molecule has 0 radical (unpaired) electrons. The summed E-state index contributed by atoms with van der Waals surface area (Å²) in [6.45, 7) is 9.79. The van der Waals surface area contributed by atoms with Gasteiger partial charge < -0.3 is 4.90 Å². The van der Waals surface area contributed by atoms with Crippen LogP contribution >= 0.6 is 0 Å². The van der Waals surface area contributed by atoms with E-state index in [4.69, 9.17) is 0 Å². The third kappa shape index (κ3) is 3.38. The molecule has 0 aliphatic heterocycles. The number of hydrogen-bond donors (Lipinski definition) is 0. The van der Waals surface area contributed by atoms with Crippen molar-refractivity contribution in [1.29, 1.82) is 0 Å². The van der Waals surface area contributed by atoms with Crippen LogP contribution in [0.25, 0.3) is 22.3 Å². The van der Waals surface area contributed by atoms with Crippen molar-refractivity contribution in [1.82, 2.24) is 0 Å². The predicted octanol–water partition coefficient (Wildman–Crippen LogP) is 12.5. The van der Waals surface area contributed by atoms with E-state index in [0.717, 1.165) is 23.7 Å². The molecule has 6 aliphatic rings. The molecule has 49 heavy (non-hydrogen) atoms. The third-order valence-electron chi connectivity index (χ3n) is 15.2. The first-order chi connectivity index (χ1) is 23.7. The zero-order chi connectivity index (χ0) is 32.9. The van der Waals surface area contributed by atoms with Crippen molar-refractivity contribution in [3.05, 3.63) is 138 Å². The first-order valence-electron chi connectivity index (χ1n) is 19.1. The molecule has 244 valence electrons. The largest absolute Gasteiger partial charge is 0.310 e. The second-order valence-electron chi connectivity index (χ2n) is 18.0. The molecule has 11 rings (SSSR count). The number of rotatable bonds is 4. The van der Waals surface area contributed by atoms with Crippen molar-refractivity contribution < 1.29 is 0 Å². The summed E-state index contributed by atoms with van der Waals surface area (Å²) in [6.07, 6.45) is 8.28. The summed E-state index contributed by atoms with van der Waals surface area (Å²) in [6, 6.07) is 44.6. The summed E-state index contributed by atoms with van der Waals surface area (Å²) in [5.41, 5.74) is 16.9. The summed E-state index contributed by atoms with van der Waals surface area (Å²) in [5, 5.41) is 0. The van der Waals surface area contributed by atoms with Crippen LogP contribution in [0, 0.1) is 29.1 Å². The smallest absolute Gasteiger partial charge is 0.0543 e. The average Bonchev–Trinajstić information content (AvgIpc) is 3.75. The van der Waals surface area contributed by atoms with Crippen LogP contribution in [0.3, 0.4) is 0 Å². The molecule has 0 N–H and O–H groups in total. The van der Waals surface area contributed by atoms with Crippen molar-refractivity contribution in [2.75, 3.05) is 4.90 Å². The quantitative estimate of drug-likeness (QED) is 0.189. The molecule has 4 saturated carbocycles. The Labute approximate surface area is 292 Å². The fourth-order valence-electron chi connectivity index (χ4n) is 13.2. The first-order valence-corrected chi connectivity index (χ1v) is 19.1. The van der Waals surface area contributed by atoms with Gasteiger partial charge in [0.25, 0.3) is 0 Å². The van der Waals surface area contributed by atoms with E-state index in [2.05, 4.69) is 148 Å². The van der Waals surface area contributed by atoms with E-state index < -0.39 is 0 Å². The van der Waals surface area contributed by atoms with Crippen molar-refractivity contribution >= 4 is 17.1 Å². The zero-order valence-electron chi connectivity index (χ0n) is 29.5. The van der Waals surface area contributed by atoms with Crippen molar-refractivity contribution in [2.45, 2.75) is 82.5 Å². The summed E-state index contributed by atoms with van der Waals surface area (Å²) in [4.78, 5) is 2.61. The second-order valence-corrected chi connectivity index (χ2v) is 18.0. The molecular formula is C48H47N. The fourth-order valence-corrected chi connectivity index (χ4v) is 13.2. The predicted molar refractivity (Wildman–Crippen MR) is 203 cm³/mol. The Bertz CT molecular complexity index is 2170. The Balaban J connectivity index is 1.20. The summed E-state index contributed by atoms with van der Waals surface area (Å²) in [5.74, 6) is 3.47. The number of hydrogen-bond acceptors (Lipinski definition) is 1. The van der Waals surface area contributed by atoms with E-state index >= 15 is 0 Å². The summed E-state index contributed by atoms with van der Waals surface area (Å²) < 4.78 is 0. The van der Waals surface area contributed by atoms with E-state index in [0.29, 0.717) is 5.41 Å². The van der Waals surface area contributed by atoms with Crippen molar-refractivity contribution in [2.24, 2.45) is 29.1 Å². The van der Waals surface area contributed by atoms with E-state index in [9.17, 15) is 0 Å². The molecule has 1 heteroatoms. The van der Waals surface area contributed by atoms with Gasteiger partial charge in [-0.25, -0.2) is 0 Å². The monoisotopic (exact) mass is 637 g/mol. The van der Waals surface area contributed by atoms with Crippen LogP contribution in [0.5, 0.6) is 0 Å². The molecule has 2 bridgehead atoms. The number of para-hydroxylation sites is 1. The van der Waals surface area contributed by atoms with Gasteiger partial charge in [-0.1, -0.05) is 113 Å². The highest BCUT2D eigenvalue weighted by molar-refractivity contribution is 6.01. The number of nitrogens with zero attached hydrogens (tertiary/aromatic N) is 1. The van der Waals surface area contributed by atoms with Crippen LogP contribution in [-0.2, 0) is 16.2 Å². The lowest BCUT2D eigenvalue weighted by Gasteiger charge is -2.76. The van der Waals surface area contributed by atoms with E-state index in [1.807, 2.05) is 0 Å². The minimum absolute atomic E-state index is 0.140. The van der Waals surface area contributed by atoms with Crippen molar-refractivity contribution in [3.8, 4) is 22.3 Å². The molecule has 6 unspecified atom stereocenters. The zero-order valence-corrected chi connectivity index (χ0v) is 29.5. The highest BCUT2D eigenvalue weighted by Gasteiger charge is 2.84. The van der Waals surface area contributed by atoms with Gasteiger partial charge >= 0.3 is 0 Å². The normalized spacial score (nSPS) is 31.3. The van der Waals surface area contributed by atoms with Gasteiger partial charge in [0.15, 0.2) is 0 Å². The molecule has 2 spiro atoms. The maximum Gasteiger partial charge on any atom is 0.0543 e. The van der Waals surface area contributed by atoms with Crippen LogP contribution in [0.15, 0.2) is 115 Å². The Morgan fingerprint density at radius 3 is 1.98 bits per heavy atom. The fraction of sp³-hybridized carbons (Fsp3) is 0.375. The van der Waals surface area contributed by atoms with Gasteiger partial charge in [-0.15, -0.1) is 0 Å². The Morgan fingerprint density at radius 1 is 0.551 bits per heavy atom. The van der Waals surface area contributed by atoms with E-state index in [-0.39, 0.29) is 16.2 Å². The summed E-state index contributed by atoms with van der Waals surface area (Å²) >= 11 is 0. The molecule has 0 aromatic heterocycles. The van der Waals surface area contributed by atoms with Gasteiger partial charge in [0.05, 0.1) is 5.69 Å². The lowest BCUT2D eigenvalue weighted by atomic mass is 9.27. The molecule has 1 nitrogen and oxygen atoms in total. The van der Waals surface area contributed by atoms with E-state index in [1.165, 1.54) is 89.0 Å². The maximum atomic E-state index is 2.61. The number of fused-ring (bicyclic) bond motifs is 9. The van der Waals surface area contributed by atoms with Gasteiger partial charge in [0.2, 0.25) is 0 Å². The average molecular weight is 638 g/mol. The minimum Gasteiger partial charge on any atom is -0.310 e. The SMILES string of the molecule is CC1(C)CCC(C)(C)c2cc(N(c3ccccc3)c3cccc4c3-c3c(-c5ccccc5)cccc3C43C4CC5CC6CC3C64C5)ccc21. The van der Waals surface area contributed by atoms with Crippen LogP contribution in [-0.4, -0.2) is 0 Å². The van der Waals surface area contributed by atoms with E-state index in [1.54, 1.807) is 11.1 Å². The van der Waals surface area contributed by atoms with Crippen LogP contribution in [0.4, 0.5) is 17.1 Å². The Hall–Kier alpha value is -4.10. The molecule has 6 aliphatic carbocycles. The van der Waals surface area contributed by atoms with Gasteiger partial charge in [0, 0.05) is 22.4 Å². The third-order valence-corrected chi connectivity index (χ3v) is 15.2. The Morgan fingerprint density at radius 2 is 1.22 bits per heavy atom. The van der Waals surface area contributed by atoms with Gasteiger partial charge in [-0.3, -0.25) is 0 Å². The topological polar surface area (TPSA) is 3.24 Å². The number of benzene rings is 5. The van der Waals surface area contributed by atoms with Gasteiger partial charge in [-0.05, 0) is 148 Å². The standard InChI is InChI=1S/C48H47N/c1-45(2)23-24-46(3,4)39-28-34(21-22-36(39)45)49(33-15-9-6-10-16-33)40-20-12-19-38-44(40)43-35(31-13-7-5-8-14-31)17-11-18-37(43)48(38)41-26-30-25-32-27-42(48)47(32,41)29-30/h5-22,28,30,32,41-42H,23-27,29H2,1-4H3. The first kappa shape index (κ1) is 28.7. The van der Waals surface area contributed by atoms with Gasteiger partial charge in [-0.2, -0.15) is 0 Å². The molecule has 0 saturated heterocycles. The van der Waals surface area contributed by atoms with Crippen LogP contribution in [0.1, 0.15) is 88.5 Å². The second kappa shape index (κ2) is 9.36. The van der Waals surface area contributed by atoms with Gasteiger partial charge in [0.1, 0.15) is 0 Å². The molecule has 6 atom stereocenters.